The highest BCUT2D eigenvalue weighted by Gasteiger charge is 2.31. The van der Waals surface area contributed by atoms with Crippen LogP contribution in [-0.2, 0) is 4.74 Å². The van der Waals surface area contributed by atoms with Gasteiger partial charge in [0.05, 0.1) is 24.9 Å². The van der Waals surface area contributed by atoms with Crippen molar-refractivity contribution in [2.45, 2.75) is 38.6 Å². The topological polar surface area (TPSA) is 49.7 Å². The fourth-order valence-electron chi connectivity index (χ4n) is 1.40. The SMILES string of the molecule is CC1OC(CO)CC(O)C1C. The Morgan fingerprint density at radius 2 is 2.09 bits per heavy atom. The molecule has 0 aliphatic carbocycles. The molecule has 4 unspecified atom stereocenters. The van der Waals surface area contributed by atoms with Crippen LogP contribution in [0.1, 0.15) is 20.3 Å². The van der Waals surface area contributed by atoms with Crippen LogP contribution in [0.3, 0.4) is 0 Å². The summed E-state index contributed by atoms with van der Waals surface area (Å²) in [6, 6.07) is 0. The molecule has 1 aliphatic heterocycles. The van der Waals surface area contributed by atoms with E-state index in [4.69, 9.17) is 9.84 Å². The lowest BCUT2D eigenvalue weighted by atomic mass is 9.91. The van der Waals surface area contributed by atoms with E-state index in [9.17, 15) is 5.11 Å². The first-order valence-corrected chi connectivity index (χ1v) is 4.09. The van der Waals surface area contributed by atoms with E-state index in [1.165, 1.54) is 0 Å². The van der Waals surface area contributed by atoms with Gasteiger partial charge in [-0.15, -0.1) is 0 Å². The van der Waals surface area contributed by atoms with Crippen molar-refractivity contribution in [1.29, 1.82) is 0 Å². The molecule has 0 aromatic rings. The van der Waals surface area contributed by atoms with Gasteiger partial charge in [-0.1, -0.05) is 6.92 Å². The summed E-state index contributed by atoms with van der Waals surface area (Å²) in [7, 11) is 0. The normalized spacial score (nSPS) is 45.8. The molecule has 0 saturated carbocycles. The van der Waals surface area contributed by atoms with Crippen LogP contribution in [0.4, 0.5) is 0 Å². The Kier molecular flexibility index (Phi) is 2.87. The Hall–Kier alpha value is -0.120. The molecule has 1 fully saturated rings. The first-order valence-electron chi connectivity index (χ1n) is 4.09. The highest BCUT2D eigenvalue weighted by molar-refractivity contribution is 4.80. The Balaban J connectivity index is 2.47. The van der Waals surface area contributed by atoms with Crippen LogP contribution in [-0.4, -0.2) is 35.1 Å². The van der Waals surface area contributed by atoms with E-state index in [0.29, 0.717) is 6.42 Å². The van der Waals surface area contributed by atoms with Gasteiger partial charge >= 0.3 is 0 Å². The van der Waals surface area contributed by atoms with Crippen molar-refractivity contribution >= 4 is 0 Å². The van der Waals surface area contributed by atoms with Crippen molar-refractivity contribution in [2.24, 2.45) is 5.92 Å². The van der Waals surface area contributed by atoms with Crippen LogP contribution in [0.5, 0.6) is 0 Å². The fraction of sp³-hybridized carbons (Fsp3) is 1.00. The molecule has 0 radical (unpaired) electrons. The molecule has 1 aliphatic rings. The minimum Gasteiger partial charge on any atom is -0.394 e. The third-order valence-corrected chi connectivity index (χ3v) is 2.46. The smallest absolute Gasteiger partial charge is 0.0834 e. The molecule has 0 aromatic heterocycles. The first kappa shape index (κ1) is 8.97. The molecule has 0 bridgehead atoms. The lowest BCUT2D eigenvalue weighted by Gasteiger charge is -2.35. The molecule has 0 amide bonds. The van der Waals surface area contributed by atoms with Crippen molar-refractivity contribution in [3.05, 3.63) is 0 Å². The first-order chi connectivity index (χ1) is 5.15. The van der Waals surface area contributed by atoms with Crippen LogP contribution in [0.15, 0.2) is 0 Å². The molecule has 4 atom stereocenters. The average Bonchev–Trinajstić information content (AvgIpc) is 1.99. The number of aliphatic hydroxyl groups is 2. The maximum Gasteiger partial charge on any atom is 0.0834 e. The van der Waals surface area contributed by atoms with E-state index in [2.05, 4.69) is 0 Å². The Morgan fingerprint density at radius 1 is 1.45 bits per heavy atom. The summed E-state index contributed by atoms with van der Waals surface area (Å²) >= 11 is 0. The second-order valence-electron chi connectivity index (χ2n) is 3.31. The molecule has 3 nitrogen and oxygen atoms in total. The highest BCUT2D eigenvalue weighted by atomic mass is 16.5. The van der Waals surface area contributed by atoms with Crippen LogP contribution < -0.4 is 0 Å². The Labute approximate surface area is 67.0 Å². The monoisotopic (exact) mass is 160 g/mol. The van der Waals surface area contributed by atoms with Gasteiger partial charge in [0.1, 0.15) is 0 Å². The van der Waals surface area contributed by atoms with E-state index in [-0.39, 0.29) is 30.8 Å². The van der Waals surface area contributed by atoms with Crippen LogP contribution >= 0.6 is 0 Å². The predicted octanol–water partition coefficient (Wildman–Crippen LogP) is 0.153. The maximum absolute atomic E-state index is 9.46. The number of rotatable bonds is 1. The van der Waals surface area contributed by atoms with E-state index < -0.39 is 0 Å². The number of hydrogen-bond acceptors (Lipinski definition) is 3. The summed E-state index contributed by atoms with van der Waals surface area (Å²) in [5, 5.41) is 18.2. The quantitative estimate of drug-likeness (QED) is 0.574. The summed E-state index contributed by atoms with van der Waals surface area (Å²) in [4.78, 5) is 0. The van der Waals surface area contributed by atoms with Crippen molar-refractivity contribution < 1.29 is 14.9 Å². The average molecular weight is 160 g/mol. The Bertz CT molecular complexity index is 115. The van der Waals surface area contributed by atoms with Gasteiger partial charge < -0.3 is 14.9 Å². The van der Waals surface area contributed by atoms with Crippen LogP contribution in [0, 0.1) is 5.92 Å². The second kappa shape index (κ2) is 3.52. The number of ether oxygens (including phenoxy) is 1. The van der Waals surface area contributed by atoms with Gasteiger partial charge in [-0.2, -0.15) is 0 Å². The molecule has 3 heteroatoms. The molecule has 11 heavy (non-hydrogen) atoms. The standard InChI is InChI=1S/C8H16O3/c1-5-6(2)11-7(4-9)3-8(5)10/h5-10H,3-4H2,1-2H3. The summed E-state index contributed by atoms with van der Waals surface area (Å²) in [5.74, 6) is 0.179. The lowest BCUT2D eigenvalue weighted by molar-refractivity contribution is -0.135. The summed E-state index contributed by atoms with van der Waals surface area (Å²) in [6.45, 7) is 3.90. The van der Waals surface area contributed by atoms with Gasteiger partial charge in [-0.05, 0) is 6.92 Å². The third-order valence-electron chi connectivity index (χ3n) is 2.46. The van der Waals surface area contributed by atoms with Crippen molar-refractivity contribution in [3.8, 4) is 0 Å². The largest absolute Gasteiger partial charge is 0.394 e. The highest BCUT2D eigenvalue weighted by Crippen LogP contribution is 2.24. The molecule has 0 aromatic carbocycles. The molecule has 0 spiro atoms. The van der Waals surface area contributed by atoms with Crippen molar-refractivity contribution in [1.82, 2.24) is 0 Å². The zero-order valence-electron chi connectivity index (χ0n) is 7.03. The van der Waals surface area contributed by atoms with E-state index in [0.717, 1.165) is 0 Å². The summed E-state index contributed by atoms with van der Waals surface area (Å²) in [5.41, 5.74) is 0. The molecule has 1 rings (SSSR count). The van der Waals surface area contributed by atoms with E-state index >= 15 is 0 Å². The molecule has 66 valence electrons. The van der Waals surface area contributed by atoms with Gasteiger partial charge in [0.25, 0.3) is 0 Å². The van der Waals surface area contributed by atoms with E-state index in [1.54, 1.807) is 0 Å². The lowest BCUT2D eigenvalue weighted by Crippen LogP contribution is -2.42. The minimum atomic E-state index is -0.323. The maximum atomic E-state index is 9.46. The molecule has 1 saturated heterocycles. The predicted molar refractivity (Wildman–Crippen MR) is 41.2 cm³/mol. The summed E-state index contributed by atoms with van der Waals surface area (Å²) < 4.78 is 5.41. The van der Waals surface area contributed by atoms with Gasteiger partial charge in [0.2, 0.25) is 0 Å². The van der Waals surface area contributed by atoms with Crippen LogP contribution in [0.2, 0.25) is 0 Å². The fourth-order valence-corrected chi connectivity index (χ4v) is 1.40. The molecular weight excluding hydrogens is 144 g/mol. The van der Waals surface area contributed by atoms with Crippen molar-refractivity contribution in [3.63, 3.8) is 0 Å². The Morgan fingerprint density at radius 3 is 2.55 bits per heavy atom. The molecule has 2 N–H and O–H groups in total. The zero-order chi connectivity index (χ0) is 8.43. The zero-order valence-corrected chi connectivity index (χ0v) is 7.03. The van der Waals surface area contributed by atoms with Crippen molar-refractivity contribution in [2.75, 3.05) is 6.61 Å². The number of aliphatic hydroxyl groups excluding tert-OH is 2. The van der Waals surface area contributed by atoms with Gasteiger partial charge in [0, 0.05) is 12.3 Å². The minimum absolute atomic E-state index is 0.00806. The second-order valence-corrected chi connectivity index (χ2v) is 3.31. The summed E-state index contributed by atoms with van der Waals surface area (Å²) in [6.07, 6.45) is 0.116. The van der Waals surface area contributed by atoms with Crippen LogP contribution in [0.25, 0.3) is 0 Å². The molecule has 1 heterocycles. The van der Waals surface area contributed by atoms with Gasteiger partial charge in [0.15, 0.2) is 0 Å². The van der Waals surface area contributed by atoms with E-state index in [1.807, 2.05) is 13.8 Å². The van der Waals surface area contributed by atoms with Gasteiger partial charge in [-0.25, -0.2) is 0 Å². The number of hydrogen-bond donors (Lipinski definition) is 2. The third kappa shape index (κ3) is 1.92. The molecular formula is C8H16O3. The van der Waals surface area contributed by atoms with Gasteiger partial charge in [-0.3, -0.25) is 0 Å².